The summed E-state index contributed by atoms with van der Waals surface area (Å²) in [5, 5.41) is 16.0. The number of aryl methyl sites for hydroxylation is 1. The number of nitrogens with one attached hydrogen (secondary N) is 1. The number of para-hydroxylation sites is 1. The second-order valence-corrected chi connectivity index (χ2v) is 6.35. The zero-order valence-electron chi connectivity index (χ0n) is 12.1. The zero-order chi connectivity index (χ0) is 15.1. The lowest BCUT2D eigenvalue weighted by atomic mass is 10.1. The summed E-state index contributed by atoms with van der Waals surface area (Å²) in [6.07, 6.45) is 3.13. The van der Waals surface area contributed by atoms with Crippen molar-refractivity contribution < 1.29 is 4.79 Å². The van der Waals surface area contributed by atoms with Crippen LogP contribution in [0.4, 0.5) is 5.69 Å². The van der Waals surface area contributed by atoms with Gasteiger partial charge in [0, 0.05) is 11.6 Å². The Labute approximate surface area is 131 Å². The quantitative estimate of drug-likeness (QED) is 0.804. The summed E-state index contributed by atoms with van der Waals surface area (Å²) >= 11 is 1.27. The van der Waals surface area contributed by atoms with Gasteiger partial charge in [0.05, 0.1) is 0 Å². The summed E-state index contributed by atoms with van der Waals surface area (Å²) in [4.78, 5) is 13.1. The van der Waals surface area contributed by atoms with Crippen LogP contribution >= 0.6 is 11.3 Å². The van der Waals surface area contributed by atoms with E-state index in [1.807, 2.05) is 24.3 Å². The van der Waals surface area contributed by atoms with Crippen LogP contribution in [0.5, 0.6) is 0 Å². The highest BCUT2D eigenvalue weighted by molar-refractivity contribution is 7.18. The summed E-state index contributed by atoms with van der Waals surface area (Å²) in [5.41, 5.74) is 1.95. The van der Waals surface area contributed by atoms with Crippen molar-refractivity contribution in [3.05, 3.63) is 40.7 Å². The van der Waals surface area contributed by atoms with E-state index in [0.29, 0.717) is 15.9 Å². The lowest BCUT2D eigenvalue weighted by Gasteiger charge is -2.07. The predicted octanol–water partition coefficient (Wildman–Crippen LogP) is 2.88. The third-order valence-electron chi connectivity index (χ3n) is 3.80. The first-order chi connectivity index (χ1) is 10.8. The van der Waals surface area contributed by atoms with Crippen LogP contribution in [0.3, 0.4) is 0 Å². The molecule has 0 radical (unpaired) electrons. The van der Waals surface area contributed by atoms with Crippen LogP contribution in [-0.4, -0.2) is 25.7 Å². The van der Waals surface area contributed by atoms with Gasteiger partial charge >= 0.3 is 0 Å². The SMILES string of the molecule is CCc1ccccc1NC(=O)c1nn2c(C3CC3)nnc2s1. The van der Waals surface area contributed by atoms with Gasteiger partial charge in [-0.25, -0.2) is 0 Å². The van der Waals surface area contributed by atoms with Gasteiger partial charge in [0.1, 0.15) is 0 Å². The Bertz CT molecular complexity index is 849. The van der Waals surface area contributed by atoms with E-state index in [2.05, 4.69) is 27.5 Å². The van der Waals surface area contributed by atoms with E-state index in [1.54, 1.807) is 4.52 Å². The molecule has 0 unspecified atom stereocenters. The van der Waals surface area contributed by atoms with Crippen molar-refractivity contribution in [2.75, 3.05) is 5.32 Å². The highest BCUT2D eigenvalue weighted by atomic mass is 32.1. The van der Waals surface area contributed by atoms with Gasteiger partial charge in [-0.05, 0) is 30.9 Å². The van der Waals surface area contributed by atoms with Gasteiger partial charge in [-0.3, -0.25) is 4.79 Å². The molecule has 1 aliphatic rings. The van der Waals surface area contributed by atoms with Crippen molar-refractivity contribution in [2.24, 2.45) is 0 Å². The van der Waals surface area contributed by atoms with Crippen LogP contribution < -0.4 is 5.32 Å². The minimum Gasteiger partial charge on any atom is -0.320 e. The van der Waals surface area contributed by atoms with Crippen LogP contribution in [0.2, 0.25) is 0 Å². The molecule has 112 valence electrons. The molecule has 2 heterocycles. The Kier molecular flexibility index (Phi) is 3.15. The molecule has 3 aromatic rings. The first kappa shape index (κ1) is 13.4. The number of hydrogen-bond acceptors (Lipinski definition) is 5. The fourth-order valence-electron chi connectivity index (χ4n) is 2.45. The Hall–Kier alpha value is -2.28. The van der Waals surface area contributed by atoms with Crippen LogP contribution in [0.25, 0.3) is 4.96 Å². The molecule has 1 N–H and O–H groups in total. The molecule has 22 heavy (non-hydrogen) atoms. The molecule has 0 bridgehead atoms. The summed E-state index contributed by atoms with van der Waals surface area (Å²) in [6.45, 7) is 2.07. The summed E-state index contributed by atoms with van der Waals surface area (Å²) in [7, 11) is 0. The van der Waals surface area contributed by atoms with E-state index >= 15 is 0 Å². The van der Waals surface area contributed by atoms with Gasteiger partial charge in [0.15, 0.2) is 5.82 Å². The Balaban J connectivity index is 1.62. The van der Waals surface area contributed by atoms with Gasteiger partial charge in [-0.15, -0.1) is 15.3 Å². The maximum Gasteiger partial charge on any atom is 0.286 e. The number of carbonyl (C=O) groups is 1. The molecular formula is C15H15N5OS. The van der Waals surface area contributed by atoms with Gasteiger partial charge in [0.2, 0.25) is 9.97 Å². The molecule has 0 atom stereocenters. The maximum atomic E-state index is 12.4. The zero-order valence-corrected chi connectivity index (χ0v) is 12.9. The first-order valence-electron chi connectivity index (χ1n) is 7.37. The average Bonchev–Trinajstić information content (AvgIpc) is 3.15. The Morgan fingerprint density at radius 1 is 1.36 bits per heavy atom. The van der Waals surface area contributed by atoms with E-state index in [4.69, 9.17) is 0 Å². The average molecular weight is 313 g/mol. The molecule has 1 fully saturated rings. The number of carbonyl (C=O) groups excluding carboxylic acids is 1. The lowest BCUT2D eigenvalue weighted by Crippen LogP contribution is -2.13. The van der Waals surface area contributed by atoms with Gasteiger partial charge < -0.3 is 5.32 Å². The smallest absolute Gasteiger partial charge is 0.286 e. The molecule has 1 aliphatic carbocycles. The number of aromatic nitrogens is 4. The van der Waals surface area contributed by atoms with Crippen molar-refractivity contribution in [2.45, 2.75) is 32.1 Å². The molecule has 0 spiro atoms. The van der Waals surface area contributed by atoms with Crippen LogP contribution in [0, 0.1) is 0 Å². The fourth-order valence-corrected chi connectivity index (χ4v) is 3.19. The highest BCUT2D eigenvalue weighted by Gasteiger charge is 2.30. The largest absolute Gasteiger partial charge is 0.320 e. The van der Waals surface area contributed by atoms with E-state index in [9.17, 15) is 4.79 Å². The molecule has 6 nitrogen and oxygen atoms in total. The molecular weight excluding hydrogens is 298 g/mol. The first-order valence-corrected chi connectivity index (χ1v) is 8.19. The van der Waals surface area contributed by atoms with Crippen molar-refractivity contribution in [3.63, 3.8) is 0 Å². The van der Waals surface area contributed by atoms with Crippen LogP contribution in [0.15, 0.2) is 24.3 Å². The minimum atomic E-state index is -0.196. The van der Waals surface area contributed by atoms with E-state index in [1.165, 1.54) is 11.3 Å². The normalized spacial score (nSPS) is 14.4. The second-order valence-electron chi connectivity index (χ2n) is 5.40. The third-order valence-corrected chi connectivity index (χ3v) is 4.70. The summed E-state index contributed by atoms with van der Waals surface area (Å²) < 4.78 is 1.71. The number of fused-ring (bicyclic) bond motifs is 1. The van der Waals surface area contributed by atoms with Gasteiger partial charge in [-0.1, -0.05) is 36.5 Å². The third kappa shape index (κ3) is 2.27. The molecule has 4 rings (SSSR count). The summed E-state index contributed by atoms with van der Waals surface area (Å²) in [6, 6.07) is 7.81. The lowest BCUT2D eigenvalue weighted by molar-refractivity contribution is 0.102. The standard InChI is InChI=1S/C15H15N5OS/c1-2-9-5-3-4-6-11(9)16-13(21)14-19-20-12(10-7-8-10)17-18-15(20)22-14/h3-6,10H,2,7-8H2,1H3,(H,16,21). The topological polar surface area (TPSA) is 72.2 Å². The van der Waals surface area contributed by atoms with Crippen molar-refractivity contribution in [1.29, 1.82) is 0 Å². The highest BCUT2D eigenvalue weighted by Crippen LogP contribution is 2.39. The molecule has 1 saturated carbocycles. The number of rotatable bonds is 4. The number of amides is 1. The van der Waals surface area contributed by atoms with E-state index in [-0.39, 0.29) is 5.91 Å². The molecule has 1 amide bonds. The molecule has 7 heteroatoms. The van der Waals surface area contributed by atoms with E-state index in [0.717, 1.165) is 36.3 Å². The molecule has 2 aromatic heterocycles. The number of nitrogens with zero attached hydrogens (tertiary/aromatic N) is 4. The second kappa shape index (κ2) is 5.17. The van der Waals surface area contributed by atoms with Crippen LogP contribution in [0.1, 0.15) is 46.9 Å². The number of hydrogen-bond donors (Lipinski definition) is 1. The minimum absolute atomic E-state index is 0.196. The van der Waals surface area contributed by atoms with Gasteiger partial charge in [0.25, 0.3) is 5.91 Å². The Morgan fingerprint density at radius 3 is 2.95 bits per heavy atom. The monoisotopic (exact) mass is 313 g/mol. The summed E-state index contributed by atoms with van der Waals surface area (Å²) in [5.74, 6) is 1.13. The molecule has 0 aliphatic heterocycles. The molecule has 1 aromatic carbocycles. The van der Waals surface area contributed by atoms with Gasteiger partial charge in [-0.2, -0.15) is 4.52 Å². The maximum absolute atomic E-state index is 12.4. The fraction of sp³-hybridized carbons (Fsp3) is 0.333. The van der Waals surface area contributed by atoms with Crippen molar-refractivity contribution >= 4 is 27.9 Å². The predicted molar refractivity (Wildman–Crippen MR) is 84.4 cm³/mol. The number of benzene rings is 1. The van der Waals surface area contributed by atoms with Crippen LogP contribution in [-0.2, 0) is 6.42 Å². The molecule has 0 saturated heterocycles. The number of anilines is 1. The van der Waals surface area contributed by atoms with E-state index < -0.39 is 0 Å². The Morgan fingerprint density at radius 2 is 2.18 bits per heavy atom. The van der Waals surface area contributed by atoms with Crippen molar-refractivity contribution in [3.8, 4) is 0 Å². The van der Waals surface area contributed by atoms with Crippen molar-refractivity contribution in [1.82, 2.24) is 19.8 Å².